The van der Waals surface area contributed by atoms with E-state index < -0.39 is 6.10 Å². The molecule has 0 radical (unpaired) electrons. The molecule has 0 saturated carbocycles. The van der Waals surface area contributed by atoms with Crippen molar-refractivity contribution in [2.24, 2.45) is 5.10 Å². The SMILES string of the molecule is COc1cccc(/C=N/NC(=O)[C@H](C)Oc2ccc(OCc3ccccc3)cc2)c1. The number of hydrazone groups is 1. The van der Waals surface area contributed by atoms with Crippen molar-refractivity contribution in [3.05, 3.63) is 90.0 Å². The first-order valence-electron chi connectivity index (χ1n) is 9.54. The predicted molar refractivity (Wildman–Crippen MR) is 116 cm³/mol. The first-order chi connectivity index (χ1) is 14.6. The van der Waals surface area contributed by atoms with E-state index in [4.69, 9.17) is 14.2 Å². The highest BCUT2D eigenvalue weighted by molar-refractivity contribution is 5.84. The van der Waals surface area contributed by atoms with Crippen LogP contribution < -0.4 is 19.6 Å². The molecule has 0 heterocycles. The van der Waals surface area contributed by atoms with Gasteiger partial charge in [-0.1, -0.05) is 42.5 Å². The lowest BCUT2D eigenvalue weighted by Gasteiger charge is -2.13. The second kappa shape index (κ2) is 10.7. The Balaban J connectivity index is 1.46. The highest BCUT2D eigenvalue weighted by atomic mass is 16.5. The van der Waals surface area contributed by atoms with E-state index in [0.717, 1.165) is 22.6 Å². The fraction of sp³-hybridized carbons (Fsp3) is 0.167. The molecular formula is C24H24N2O4. The summed E-state index contributed by atoms with van der Waals surface area (Å²) in [5.74, 6) is 1.67. The van der Waals surface area contributed by atoms with Crippen LogP contribution in [-0.2, 0) is 11.4 Å². The summed E-state index contributed by atoms with van der Waals surface area (Å²) >= 11 is 0. The number of carbonyl (C=O) groups is 1. The van der Waals surface area contributed by atoms with Gasteiger partial charge in [0.1, 0.15) is 23.9 Å². The summed E-state index contributed by atoms with van der Waals surface area (Å²) < 4.78 is 16.6. The van der Waals surface area contributed by atoms with E-state index in [1.807, 2.05) is 66.7 Å². The van der Waals surface area contributed by atoms with E-state index in [9.17, 15) is 4.79 Å². The third kappa shape index (κ3) is 6.38. The van der Waals surface area contributed by atoms with Gasteiger partial charge in [0.15, 0.2) is 6.10 Å². The molecule has 3 aromatic carbocycles. The number of rotatable bonds is 9. The minimum Gasteiger partial charge on any atom is -0.497 e. The van der Waals surface area contributed by atoms with Gasteiger partial charge in [-0.2, -0.15) is 5.10 Å². The number of hydrogen-bond donors (Lipinski definition) is 1. The van der Waals surface area contributed by atoms with Crippen molar-refractivity contribution in [3.8, 4) is 17.2 Å². The second-order valence-corrected chi connectivity index (χ2v) is 6.52. The van der Waals surface area contributed by atoms with Crippen LogP contribution in [0.15, 0.2) is 84.0 Å². The Kier molecular flexibility index (Phi) is 7.44. The van der Waals surface area contributed by atoms with Crippen LogP contribution in [0.1, 0.15) is 18.1 Å². The zero-order valence-electron chi connectivity index (χ0n) is 16.9. The van der Waals surface area contributed by atoms with E-state index in [2.05, 4.69) is 10.5 Å². The van der Waals surface area contributed by atoms with Crippen molar-refractivity contribution in [2.45, 2.75) is 19.6 Å². The number of nitrogens with one attached hydrogen (secondary N) is 1. The summed E-state index contributed by atoms with van der Waals surface area (Å²) in [7, 11) is 1.60. The van der Waals surface area contributed by atoms with Gasteiger partial charge in [-0.15, -0.1) is 0 Å². The topological polar surface area (TPSA) is 69.2 Å². The lowest BCUT2D eigenvalue weighted by molar-refractivity contribution is -0.127. The molecule has 0 spiro atoms. The number of benzene rings is 3. The molecule has 30 heavy (non-hydrogen) atoms. The predicted octanol–water partition coefficient (Wildman–Crippen LogP) is 4.19. The van der Waals surface area contributed by atoms with Crippen LogP contribution in [0.25, 0.3) is 0 Å². The highest BCUT2D eigenvalue weighted by Gasteiger charge is 2.14. The molecule has 0 aliphatic heterocycles. The van der Waals surface area contributed by atoms with Crippen LogP contribution in [-0.4, -0.2) is 25.3 Å². The van der Waals surface area contributed by atoms with Crippen LogP contribution in [0.5, 0.6) is 17.2 Å². The molecule has 1 N–H and O–H groups in total. The normalized spacial score (nSPS) is 11.7. The molecular weight excluding hydrogens is 380 g/mol. The Hall–Kier alpha value is -3.80. The van der Waals surface area contributed by atoms with Gasteiger partial charge >= 0.3 is 0 Å². The quantitative estimate of drug-likeness (QED) is 0.429. The van der Waals surface area contributed by atoms with Crippen molar-refractivity contribution in [1.82, 2.24) is 5.43 Å². The first-order valence-corrected chi connectivity index (χ1v) is 9.54. The average Bonchev–Trinajstić information content (AvgIpc) is 2.79. The Morgan fingerprint density at radius 2 is 1.70 bits per heavy atom. The van der Waals surface area contributed by atoms with Gasteiger partial charge in [0.05, 0.1) is 13.3 Å². The molecule has 1 amide bonds. The molecule has 0 aromatic heterocycles. The summed E-state index contributed by atoms with van der Waals surface area (Å²) in [5, 5.41) is 3.97. The molecule has 3 aromatic rings. The Bertz CT molecular complexity index is 972. The minimum absolute atomic E-state index is 0.349. The third-order valence-corrected chi connectivity index (χ3v) is 4.24. The largest absolute Gasteiger partial charge is 0.497 e. The fourth-order valence-corrected chi connectivity index (χ4v) is 2.60. The van der Waals surface area contributed by atoms with E-state index in [0.29, 0.717) is 12.4 Å². The average molecular weight is 404 g/mol. The standard InChI is InChI=1S/C24H24N2O4/c1-18(24(27)26-25-16-20-9-6-10-23(15-20)28-2)30-22-13-11-21(12-14-22)29-17-19-7-4-3-5-8-19/h3-16,18H,17H2,1-2H3,(H,26,27)/b25-16+/t18-/m0/s1. The smallest absolute Gasteiger partial charge is 0.280 e. The lowest BCUT2D eigenvalue weighted by atomic mass is 10.2. The molecule has 3 rings (SSSR count). The molecule has 6 heteroatoms. The zero-order chi connectivity index (χ0) is 21.2. The van der Waals surface area contributed by atoms with Gasteiger partial charge in [0, 0.05) is 0 Å². The van der Waals surface area contributed by atoms with Gasteiger partial charge in [0.25, 0.3) is 5.91 Å². The summed E-state index contributed by atoms with van der Waals surface area (Å²) in [4.78, 5) is 12.2. The number of carbonyl (C=O) groups excluding carboxylic acids is 1. The molecule has 0 fully saturated rings. The third-order valence-electron chi connectivity index (χ3n) is 4.24. The van der Waals surface area contributed by atoms with Crippen molar-refractivity contribution >= 4 is 12.1 Å². The molecule has 1 atom stereocenters. The first kappa shape index (κ1) is 20.9. The highest BCUT2D eigenvalue weighted by Crippen LogP contribution is 2.19. The van der Waals surface area contributed by atoms with Crippen LogP contribution in [0.4, 0.5) is 0 Å². The van der Waals surface area contributed by atoms with Crippen molar-refractivity contribution in [1.29, 1.82) is 0 Å². The van der Waals surface area contributed by atoms with Crippen LogP contribution in [0.3, 0.4) is 0 Å². The number of nitrogens with zero attached hydrogens (tertiary/aromatic N) is 1. The molecule has 0 aliphatic carbocycles. The number of methoxy groups -OCH3 is 1. The van der Waals surface area contributed by atoms with Gasteiger partial charge in [0.2, 0.25) is 0 Å². The summed E-state index contributed by atoms with van der Waals surface area (Å²) in [6.45, 7) is 2.15. The monoisotopic (exact) mass is 404 g/mol. The van der Waals surface area contributed by atoms with Crippen molar-refractivity contribution in [3.63, 3.8) is 0 Å². The summed E-state index contributed by atoms with van der Waals surface area (Å²) in [6, 6.07) is 24.5. The van der Waals surface area contributed by atoms with Crippen molar-refractivity contribution < 1.29 is 19.0 Å². The van der Waals surface area contributed by atoms with Crippen LogP contribution in [0, 0.1) is 0 Å². The Morgan fingerprint density at radius 3 is 2.43 bits per heavy atom. The maximum atomic E-state index is 12.2. The molecule has 0 saturated heterocycles. The second-order valence-electron chi connectivity index (χ2n) is 6.52. The number of ether oxygens (including phenoxy) is 3. The minimum atomic E-state index is -0.705. The number of hydrogen-bond acceptors (Lipinski definition) is 5. The van der Waals surface area contributed by atoms with Crippen LogP contribution in [0.2, 0.25) is 0 Å². The van der Waals surface area contributed by atoms with E-state index in [1.54, 1.807) is 32.4 Å². The van der Waals surface area contributed by atoms with Crippen LogP contribution >= 0.6 is 0 Å². The molecule has 6 nitrogen and oxygen atoms in total. The van der Waals surface area contributed by atoms with Crippen molar-refractivity contribution in [2.75, 3.05) is 7.11 Å². The maximum absolute atomic E-state index is 12.2. The Labute approximate surface area is 176 Å². The lowest BCUT2D eigenvalue weighted by Crippen LogP contribution is -2.33. The zero-order valence-corrected chi connectivity index (χ0v) is 16.9. The molecule has 154 valence electrons. The molecule has 0 unspecified atom stereocenters. The van der Waals surface area contributed by atoms with Gasteiger partial charge < -0.3 is 14.2 Å². The number of amides is 1. The Morgan fingerprint density at radius 1 is 0.967 bits per heavy atom. The molecule has 0 aliphatic rings. The fourth-order valence-electron chi connectivity index (χ4n) is 2.60. The van der Waals surface area contributed by atoms with Gasteiger partial charge in [-0.25, -0.2) is 5.43 Å². The summed E-state index contributed by atoms with van der Waals surface area (Å²) in [5.41, 5.74) is 4.39. The molecule has 0 bridgehead atoms. The van der Waals surface area contributed by atoms with Gasteiger partial charge in [-0.3, -0.25) is 4.79 Å². The van der Waals surface area contributed by atoms with E-state index in [-0.39, 0.29) is 5.91 Å². The van der Waals surface area contributed by atoms with E-state index >= 15 is 0 Å². The van der Waals surface area contributed by atoms with E-state index in [1.165, 1.54) is 0 Å². The summed E-state index contributed by atoms with van der Waals surface area (Å²) in [6.07, 6.45) is 0.843. The van der Waals surface area contributed by atoms with Gasteiger partial charge in [-0.05, 0) is 54.4 Å². The maximum Gasteiger partial charge on any atom is 0.280 e.